The Morgan fingerprint density at radius 2 is 1.91 bits per heavy atom. The maximum absolute atomic E-state index is 8.36. The van der Waals surface area contributed by atoms with E-state index in [1.165, 1.54) is 0 Å². The second-order valence-corrected chi connectivity index (χ2v) is 3.73. The lowest BCUT2D eigenvalue weighted by atomic mass is 10.3. The summed E-state index contributed by atoms with van der Waals surface area (Å²) in [5.41, 5.74) is 0. The summed E-state index contributed by atoms with van der Waals surface area (Å²) in [6.07, 6.45) is 2.06. The zero-order valence-electron chi connectivity index (χ0n) is 6.38. The molecule has 0 saturated carbocycles. The Hall–Kier alpha value is 1.04. The summed E-state index contributed by atoms with van der Waals surface area (Å²) in [6, 6.07) is 0. The molecule has 0 rings (SSSR count). The van der Waals surface area contributed by atoms with Gasteiger partial charge in [-0.05, 0) is 34.9 Å². The minimum absolute atomic E-state index is 0.117. The Labute approximate surface area is 82.2 Å². The van der Waals surface area contributed by atoms with Gasteiger partial charge in [0.1, 0.15) is 0 Å². The van der Waals surface area contributed by atoms with Crippen molar-refractivity contribution in [3.8, 4) is 0 Å². The Morgan fingerprint density at radius 3 is 2.55 bits per heavy atom. The second-order valence-electron chi connectivity index (χ2n) is 1.97. The van der Waals surface area contributed by atoms with Gasteiger partial charge in [0.2, 0.25) is 0 Å². The SMILES string of the molecule is OCCOCCCCOPI. The first-order valence-corrected chi connectivity index (χ1v) is 7.60. The largest absolute Gasteiger partial charge is 0.394 e. The van der Waals surface area contributed by atoms with Crippen LogP contribution in [0.4, 0.5) is 0 Å². The van der Waals surface area contributed by atoms with Gasteiger partial charge in [-0.15, -0.1) is 0 Å². The first-order chi connectivity index (χ1) is 5.41. The molecule has 5 heteroatoms. The molecule has 68 valence electrons. The summed E-state index contributed by atoms with van der Waals surface area (Å²) in [4.78, 5) is 0. The van der Waals surface area contributed by atoms with E-state index in [1.54, 1.807) is 0 Å². The number of halogens is 1. The predicted octanol–water partition coefficient (Wildman–Crippen LogP) is 1.74. The van der Waals surface area contributed by atoms with Gasteiger partial charge < -0.3 is 14.4 Å². The molecule has 0 saturated heterocycles. The third-order valence-electron chi connectivity index (χ3n) is 1.08. The van der Waals surface area contributed by atoms with E-state index in [2.05, 4.69) is 22.0 Å². The normalized spacial score (nSPS) is 11.5. The summed E-state index contributed by atoms with van der Waals surface area (Å²) in [6.45, 7) is 2.68. The molecule has 0 spiro atoms. The summed E-state index contributed by atoms with van der Waals surface area (Å²) in [7, 11) is 0. The lowest BCUT2D eigenvalue weighted by Gasteiger charge is -2.01. The van der Waals surface area contributed by atoms with Gasteiger partial charge in [-0.25, -0.2) is 0 Å². The fraction of sp³-hybridized carbons (Fsp3) is 1.00. The van der Waals surface area contributed by atoms with Crippen LogP contribution in [0, 0.1) is 0 Å². The number of rotatable bonds is 8. The van der Waals surface area contributed by atoms with Crippen molar-refractivity contribution in [2.45, 2.75) is 12.8 Å². The average Bonchev–Trinajstić information content (AvgIpc) is 2.03. The van der Waals surface area contributed by atoms with Crippen molar-refractivity contribution in [2.75, 3.05) is 26.4 Å². The van der Waals surface area contributed by atoms with Crippen molar-refractivity contribution in [1.29, 1.82) is 0 Å². The van der Waals surface area contributed by atoms with Gasteiger partial charge in [0.05, 0.1) is 26.3 Å². The van der Waals surface area contributed by atoms with Crippen molar-refractivity contribution in [1.82, 2.24) is 0 Å². The van der Waals surface area contributed by atoms with Crippen molar-refractivity contribution in [3.05, 3.63) is 0 Å². The maximum atomic E-state index is 8.36. The predicted molar refractivity (Wildman–Crippen MR) is 55.4 cm³/mol. The molecule has 0 aromatic carbocycles. The Morgan fingerprint density at radius 1 is 1.18 bits per heavy atom. The number of hydrogen-bond acceptors (Lipinski definition) is 3. The van der Waals surface area contributed by atoms with E-state index in [1.807, 2.05) is 0 Å². The van der Waals surface area contributed by atoms with Crippen molar-refractivity contribution in [2.24, 2.45) is 0 Å². The standard InChI is InChI=1S/C6H14IO3P/c7-11-10-5-2-1-4-9-6-3-8/h8,11H,1-6H2. The highest BCUT2D eigenvalue weighted by Gasteiger charge is 1.88. The molecule has 1 unspecified atom stereocenters. The van der Waals surface area contributed by atoms with Crippen molar-refractivity contribution in [3.63, 3.8) is 0 Å². The first-order valence-electron chi connectivity index (χ1n) is 3.58. The number of aliphatic hydroxyl groups is 1. The van der Waals surface area contributed by atoms with Crippen LogP contribution < -0.4 is 0 Å². The van der Waals surface area contributed by atoms with Crippen molar-refractivity contribution < 1.29 is 14.4 Å². The minimum atomic E-state index is 0.117. The fourth-order valence-electron chi connectivity index (χ4n) is 0.584. The molecule has 0 aliphatic carbocycles. The molecular weight excluding hydrogens is 278 g/mol. The van der Waals surface area contributed by atoms with Crippen LogP contribution >= 0.6 is 28.5 Å². The zero-order chi connectivity index (χ0) is 8.36. The van der Waals surface area contributed by atoms with Gasteiger partial charge in [0.25, 0.3) is 0 Å². The molecule has 0 aliphatic rings. The molecule has 3 nitrogen and oxygen atoms in total. The summed E-state index contributed by atoms with van der Waals surface area (Å²) >= 11 is 2.20. The highest BCUT2D eigenvalue weighted by Crippen LogP contribution is 2.21. The van der Waals surface area contributed by atoms with E-state index < -0.39 is 0 Å². The smallest absolute Gasteiger partial charge is 0.0793 e. The van der Waals surface area contributed by atoms with E-state index in [4.69, 9.17) is 14.4 Å². The molecule has 0 radical (unpaired) electrons. The fourth-order valence-corrected chi connectivity index (χ4v) is 1.47. The van der Waals surface area contributed by atoms with Crippen LogP contribution in [0.1, 0.15) is 12.8 Å². The summed E-state index contributed by atoms with van der Waals surface area (Å²) in [5.74, 6) is 0. The molecular formula is C6H14IO3P. The molecule has 0 fully saturated rings. The van der Waals surface area contributed by atoms with Gasteiger partial charge in [-0.1, -0.05) is 0 Å². The molecule has 11 heavy (non-hydrogen) atoms. The van der Waals surface area contributed by atoms with Crippen LogP contribution in [0.2, 0.25) is 0 Å². The van der Waals surface area contributed by atoms with Crippen LogP contribution in [0.25, 0.3) is 0 Å². The van der Waals surface area contributed by atoms with Crippen LogP contribution in [0.15, 0.2) is 0 Å². The molecule has 0 aliphatic heterocycles. The quantitative estimate of drug-likeness (QED) is 0.421. The van der Waals surface area contributed by atoms with E-state index in [-0.39, 0.29) is 6.61 Å². The van der Waals surface area contributed by atoms with E-state index in [0.717, 1.165) is 26.1 Å². The molecule has 0 heterocycles. The maximum Gasteiger partial charge on any atom is 0.0793 e. The topological polar surface area (TPSA) is 38.7 Å². The van der Waals surface area contributed by atoms with Gasteiger partial charge in [-0.2, -0.15) is 0 Å². The average molecular weight is 292 g/mol. The van der Waals surface area contributed by atoms with E-state index in [0.29, 0.717) is 13.1 Å². The highest BCUT2D eigenvalue weighted by molar-refractivity contribution is 14.2. The number of ether oxygens (including phenoxy) is 1. The molecule has 0 aromatic rings. The van der Waals surface area contributed by atoms with Crippen molar-refractivity contribution >= 4 is 28.5 Å². The Balaban J connectivity index is 2.69. The molecule has 1 atom stereocenters. The summed E-state index contributed by atoms with van der Waals surface area (Å²) in [5, 5.41) is 8.36. The third-order valence-corrected chi connectivity index (χ3v) is 2.32. The second kappa shape index (κ2) is 11.0. The van der Waals surface area contributed by atoms with Gasteiger partial charge in [0, 0.05) is 6.61 Å². The molecule has 1 N–H and O–H groups in total. The monoisotopic (exact) mass is 292 g/mol. The Bertz CT molecular complexity index is 66.8. The highest BCUT2D eigenvalue weighted by atomic mass is 127. The van der Waals surface area contributed by atoms with Gasteiger partial charge >= 0.3 is 0 Å². The third kappa shape index (κ3) is 11.0. The van der Waals surface area contributed by atoms with Crippen LogP contribution in [-0.4, -0.2) is 31.5 Å². The van der Waals surface area contributed by atoms with Crippen LogP contribution in [0.5, 0.6) is 0 Å². The van der Waals surface area contributed by atoms with E-state index in [9.17, 15) is 0 Å². The lowest BCUT2D eigenvalue weighted by molar-refractivity contribution is 0.0882. The number of unbranched alkanes of at least 4 members (excludes halogenated alkanes) is 1. The van der Waals surface area contributed by atoms with Gasteiger partial charge in [0.15, 0.2) is 0 Å². The van der Waals surface area contributed by atoms with Gasteiger partial charge in [-0.3, -0.25) is 0 Å². The van der Waals surface area contributed by atoms with E-state index >= 15 is 0 Å². The zero-order valence-corrected chi connectivity index (χ0v) is 9.54. The molecule has 0 bridgehead atoms. The first kappa shape index (κ1) is 12.0. The molecule has 0 aromatic heterocycles. The van der Waals surface area contributed by atoms with Crippen LogP contribution in [0.3, 0.4) is 0 Å². The Kier molecular flexibility index (Phi) is 12.1. The minimum Gasteiger partial charge on any atom is -0.394 e. The van der Waals surface area contributed by atoms with Crippen LogP contribution in [-0.2, 0) is 9.26 Å². The number of aliphatic hydroxyl groups excluding tert-OH is 1. The lowest BCUT2D eigenvalue weighted by Crippen LogP contribution is -2.01. The number of hydrogen-bond donors (Lipinski definition) is 1. The molecule has 0 amide bonds. The summed E-state index contributed by atoms with van der Waals surface area (Å²) < 4.78 is 10.2.